The minimum atomic E-state index is -0.144. The Morgan fingerprint density at radius 3 is 3.19 bits per heavy atom. The third-order valence-electron chi connectivity index (χ3n) is 5.02. The zero-order valence-corrected chi connectivity index (χ0v) is 14.4. The van der Waals surface area contributed by atoms with Crippen LogP contribution < -0.4 is 10.1 Å². The third kappa shape index (κ3) is 3.27. The lowest BCUT2D eigenvalue weighted by Crippen LogP contribution is -2.63. The smallest absolute Gasteiger partial charge is 0.258 e. The van der Waals surface area contributed by atoms with Gasteiger partial charge in [-0.05, 0) is 29.0 Å². The average Bonchev–Trinajstić information content (AvgIpc) is 3.33. The maximum Gasteiger partial charge on any atom is 0.258 e. The van der Waals surface area contributed by atoms with Crippen molar-refractivity contribution in [3.05, 3.63) is 30.6 Å². The van der Waals surface area contributed by atoms with Crippen molar-refractivity contribution in [3.63, 3.8) is 0 Å². The number of fused-ring (bicyclic) bond motifs is 1. The molecule has 1 N–H and O–H groups in total. The number of aromatic nitrogens is 4. The molecule has 4 rings (SSSR count). The van der Waals surface area contributed by atoms with Gasteiger partial charge in [0.25, 0.3) is 5.91 Å². The van der Waals surface area contributed by atoms with Gasteiger partial charge in [-0.15, -0.1) is 5.10 Å². The van der Waals surface area contributed by atoms with Crippen molar-refractivity contribution in [3.8, 4) is 11.4 Å². The molecule has 0 radical (unpaired) electrons. The molecule has 1 amide bonds. The van der Waals surface area contributed by atoms with Crippen LogP contribution >= 0.6 is 0 Å². The van der Waals surface area contributed by atoms with E-state index >= 15 is 0 Å². The summed E-state index contributed by atoms with van der Waals surface area (Å²) in [6.45, 7) is 1.29. The molecule has 138 valence electrons. The largest absolute Gasteiger partial charge is 0.484 e. The van der Waals surface area contributed by atoms with Crippen LogP contribution in [-0.4, -0.2) is 65.2 Å². The number of carbonyl (C=O) groups is 1. The number of rotatable bonds is 7. The topological polar surface area (TPSA) is 100 Å². The SMILES string of the molecule is COC[C@@H]1[C@H](NC(=O)COc2cccc(-n3cnnn3)c2)[C@@H]2CCO[C@H]12. The van der Waals surface area contributed by atoms with E-state index in [1.165, 1.54) is 11.0 Å². The number of amides is 1. The molecule has 1 aliphatic heterocycles. The van der Waals surface area contributed by atoms with Crippen LogP contribution in [0.2, 0.25) is 0 Å². The van der Waals surface area contributed by atoms with Crippen LogP contribution in [0, 0.1) is 11.8 Å². The van der Waals surface area contributed by atoms with E-state index in [2.05, 4.69) is 20.8 Å². The summed E-state index contributed by atoms with van der Waals surface area (Å²) in [5, 5.41) is 14.1. The number of nitrogens with one attached hydrogen (secondary N) is 1. The molecule has 1 aromatic heterocycles. The number of carbonyl (C=O) groups excluding carboxylic acids is 1. The van der Waals surface area contributed by atoms with Crippen molar-refractivity contribution in [1.29, 1.82) is 0 Å². The second-order valence-corrected chi connectivity index (χ2v) is 6.54. The van der Waals surface area contributed by atoms with Crippen LogP contribution in [-0.2, 0) is 14.3 Å². The lowest BCUT2D eigenvalue weighted by molar-refractivity contribution is -0.131. The molecule has 1 aromatic carbocycles. The fraction of sp³-hybridized carbons (Fsp3) is 0.529. The van der Waals surface area contributed by atoms with Gasteiger partial charge in [0.1, 0.15) is 12.1 Å². The second-order valence-electron chi connectivity index (χ2n) is 6.54. The number of benzene rings is 1. The van der Waals surface area contributed by atoms with Gasteiger partial charge in [0.2, 0.25) is 0 Å². The first-order chi connectivity index (χ1) is 12.8. The van der Waals surface area contributed by atoms with Gasteiger partial charge in [-0.1, -0.05) is 6.07 Å². The van der Waals surface area contributed by atoms with E-state index in [1.54, 1.807) is 19.2 Å². The number of hydrogen-bond acceptors (Lipinski definition) is 7. The number of nitrogens with zero attached hydrogens (tertiary/aromatic N) is 4. The van der Waals surface area contributed by atoms with Crippen molar-refractivity contribution < 1.29 is 19.0 Å². The van der Waals surface area contributed by atoms with Crippen molar-refractivity contribution >= 4 is 5.91 Å². The fourth-order valence-corrected chi connectivity index (χ4v) is 3.81. The van der Waals surface area contributed by atoms with E-state index in [0.29, 0.717) is 18.3 Å². The summed E-state index contributed by atoms with van der Waals surface area (Å²) in [6, 6.07) is 7.34. The molecule has 1 saturated heterocycles. The Bertz CT molecular complexity index is 753. The van der Waals surface area contributed by atoms with E-state index in [4.69, 9.17) is 14.2 Å². The molecular formula is C17H21N5O4. The first-order valence-electron chi connectivity index (χ1n) is 8.62. The highest BCUT2D eigenvalue weighted by Gasteiger charge is 2.54. The highest BCUT2D eigenvalue weighted by atomic mass is 16.5. The quantitative estimate of drug-likeness (QED) is 0.754. The lowest BCUT2D eigenvalue weighted by atomic mass is 9.67. The average molecular weight is 359 g/mol. The van der Waals surface area contributed by atoms with Gasteiger partial charge in [-0.2, -0.15) is 0 Å². The molecule has 4 atom stereocenters. The van der Waals surface area contributed by atoms with E-state index in [1.807, 2.05) is 12.1 Å². The maximum atomic E-state index is 12.3. The Hall–Kier alpha value is -2.52. The molecule has 0 unspecified atom stereocenters. The highest BCUT2D eigenvalue weighted by molar-refractivity contribution is 5.78. The molecule has 1 aliphatic carbocycles. The van der Waals surface area contributed by atoms with Crippen LogP contribution in [0.5, 0.6) is 5.75 Å². The van der Waals surface area contributed by atoms with Crippen LogP contribution in [0.15, 0.2) is 30.6 Å². The van der Waals surface area contributed by atoms with E-state index in [9.17, 15) is 4.79 Å². The molecule has 9 heteroatoms. The molecule has 2 aromatic rings. The summed E-state index contributed by atoms with van der Waals surface area (Å²) >= 11 is 0. The predicted molar refractivity (Wildman–Crippen MR) is 89.8 cm³/mol. The van der Waals surface area contributed by atoms with E-state index in [0.717, 1.165) is 18.7 Å². The molecule has 2 heterocycles. The Morgan fingerprint density at radius 2 is 2.38 bits per heavy atom. The molecule has 26 heavy (non-hydrogen) atoms. The fourth-order valence-electron chi connectivity index (χ4n) is 3.81. The van der Waals surface area contributed by atoms with Gasteiger partial charge in [-0.25, -0.2) is 4.68 Å². The van der Waals surface area contributed by atoms with Gasteiger partial charge in [-0.3, -0.25) is 4.79 Å². The molecule has 0 bridgehead atoms. The number of methoxy groups -OCH3 is 1. The normalized spacial score (nSPS) is 26.8. The van der Waals surface area contributed by atoms with E-state index in [-0.39, 0.29) is 30.6 Å². The third-order valence-corrected chi connectivity index (χ3v) is 5.02. The molecule has 1 saturated carbocycles. The molecule has 9 nitrogen and oxygen atoms in total. The maximum absolute atomic E-state index is 12.3. The zero-order valence-electron chi connectivity index (χ0n) is 14.4. The minimum Gasteiger partial charge on any atom is -0.484 e. The molecule has 2 fully saturated rings. The summed E-state index contributed by atoms with van der Waals surface area (Å²) in [5.41, 5.74) is 0.762. The van der Waals surface area contributed by atoms with Crippen LogP contribution in [0.4, 0.5) is 0 Å². The monoisotopic (exact) mass is 359 g/mol. The van der Waals surface area contributed by atoms with Gasteiger partial charge in [0.05, 0.1) is 18.4 Å². The standard InChI is InChI=1S/C17H21N5O4/c1-24-8-14-16(13-5-6-25-17(13)14)19-15(23)9-26-12-4-2-3-11(7-12)22-10-18-20-21-22/h2-4,7,10,13-14,16-17H,5-6,8-9H2,1H3,(H,19,23)/t13-,14+,16+,17-/m0/s1. The summed E-state index contributed by atoms with van der Waals surface area (Å²) in [5.74, 6) is 1.02. The van der Waals surface area contributed by atoms with Gasteiger partial charge >= 0.3 is 0 Å². The Balaban J connectivity index is 1.32. The zero-order chi connectivity index (χ0) is 17.9. The summed E-state index contributed by atoms with van der Waals surface area (Å²) in [4.78, 5) is 12.3. The van der Waals surface area contributed by atoms with Crippen molar-refractivity contribution in [2.24, 2.45) is 11.8 Å². The predicted octanol–water partition coefficient (Wildman–Crippen LogP) is 0.207. The second kappa shape index (κ2) is 7.38. The van der Waals surface area contributed by atoms with Gasteiger partial charge in [0.15, 0.2) is 6.61 Å². The van der Waals surface area contributed by atoms with Crippen molar-refractivity contribution in [1.82, 2.24) is 25.5 Å². The van der Waals surface area contributed by atoms with Crippen LogP contribution in [0.1, 0.15) is 6.42 Å². The Kier molecular flexibility index (Phi) is 4.81. The number of ether oxygens (including phenoxy) is 3. The van der Waals surface area contributed by atoms with Crippen molar-refractivity contribution in [2.45, 2.75) is 18.6 Å². The highest BCUT2D eigenvalue weighted by Crippen LogP contribution is 2.43. The molecule has 0 spiro atoms. The van der Waals surface area contributed by atoms with Crippen molar-refractivity contribution in [2.75, 3.05) is 26.9 Å². The van der Waals surface area contributed by atoms with Crippen LogP contribution in [0.3, 0.4) is 0 Å². The van der Waals surface area contributed by atoms with Gasteiger partial charge < -0.3 is 19.5 Å². The number of tetrazole rings is 1. The van der Waals surface area contributed by atoms with Crippen LogP contribution in [0.25, 0.3) is 5.69 Å². The minimum absolute atomic E-state index is 0.0481. The van der Waals surface area contributed by atoms with E-state index < -0.39 is 0 Å². The summed E-state index contributed by atoms with van der Waals surface area (Å²) in [6.07, 6.45) is 2.68. The first kappa shape index (κ1) is 16.9. The molecular weight excluding hydrogens is 338 g/mol. The Morgan fingerprint density at radius 1 is 1.46 bits per heavy atom. The first-order valence-corrected chi connectivity index (χ1v) is 8.62. The lowest BCUT2D eigenvalue weighted by Gasteiger charge is -2.47. The summed E-state index contributed by atoms with van der Waals surface area (Å²) < 4.78 is 18.1. The summed E-state index contributed by atoms with van der Waals surface area (Å²) in [7, 11) is 1.67. The molecule has 2 aliphatic rings. The number of hydrogen-bond donors (Lipinski definition) is 1. The Labute approximate surface area is 150 Å². The van der Waals surface area contributed by atoms with Gasteiger partial charge in [0, 0.05) is 37.7 Å².